The van der Waals surface area contributed by atoms with Gasteiger partial charge in [-0.05, 0) is 50.3 Å². The van der Waals surface area contributed by atoms with Crippen LogP contribution in [0, 0.1) is 13.8 Å². The summed E-state index contributed by atoms with van der Waals surface area (Å²) in [5, 5.41) is 0. The molecule has 1 aliphatic heterocycles. The number of benzene rings is 1. The summed E-state index contributed by atoms with van der Waals surface area (Å²) in [7, 11) is 0. The van der Waals surface area contributed by atoms with E-state index in [0.717, 1.165) is 37.1 Å². The van der Waals surface area contributed by atoms with Crippen molar-refractivity contribution in [2.75, 3.05) is 13.1 Å². The highest BCUT2D eigenvalue weighted by Crippen LogP contribution is 2.14. The third kappa shape index (κ3) is 3.69. The zero-order chi connectivity index (χ0) is 14.5. The second-order valence-corrected chi connectivity index (χ2v) is 5.66. The SMILES string of the molecule is Cc1ccc(C(=O)CCCC(=O)N2CCCC2)cc1C. The minimum absolute atomic E-state index is 0.141. The van der Waals surface area contributed by atoms with Gasteiger partial charge in [-0.2, -0.15) is 0 Å². The van der Waals surface area contributed by atoms with Crippen molar-refractivity contribution >= 4 is 11.7 Å². The molecule has 0 N–H and O–H groups in total. The average molecular weight is 273 g/mol. The zero-order valence-electron chi connectivity index (χ0n) is 12.4. The van der Waals surface area contributed by atoms with Gasteiger partial charge in [0.25, 0.3) is 0 Å². The van der Waals surface area contributed by atoms with E-state index in [-0.39, 0.29) is 11.7 Å². The van der Waals surface area contributed by atoms with Gasteiger partial charge in [0.1, 0.15) is 0 Å². The first-order valence-electron chi connectivity index (χ1n) is 7.46. The molecule has 0 saturated carbocycles. The summed E-state index contributed by atoms with van der Waals surface area (Å²) >= 11 is 0. The van der Waals surface area contributed by atoms with Crippen LogP contribution in [0.25, 0.3) is 0 Å². The number of carbonyl (C=O) groups excluding carboxylic acids is 2. The number of hydrogen-bond acceptors (Lipinski definition) is 2. The minimum Gasteiger partial charge on any atom is -0.343 e. The van der Waals surface area contributed by atoms with Crippen molar-refractivity contribution in [3.63, 3.8) is 0 Å². The van der Waals surface area contributed by atoms with Crippen LogP contribution in [0.5, 0.6) is 0 Å². The number of likely N-dealkylation sites (tertiary alicyclic amines) is 1. The van der Waals surface area contributed by atoms with E-state index in [1.807, 2.05) is 36.9 Å². The fourth-order valence-electron chi connectivity index (χ4n) is 2.58. The van der Waals surface area contributed by atoms with Crippen LogP contribution >= 0.6 is 0 Å². The highest BCUT2D eigenvalue weighted by atomic mass is 16.2. The third-order valence-corrected chi connectivity index (χ3v) is 4.08. The van der Waals surface area contributed by atoms with Crippen LogP contribution in [-0.4, -0.2) is 29.7 Å². The fraction of sp³-hybridized carbons (Fsp3) is 0.529. The number of carbonyl (C=O) groups is 2. The Morgan fingerprint density at radius 2 is 1.75 bits per heavy atom. The van der Waals surface area contributed by atoms with E-state index in [0.29, 0.717) is 19.3 Å². The van der Waals surface area contributed by atoms with Crippen LogP contribution in [0.1, 0.15) is 53.6 Å². The topological polar surface area (TPSA) is 37.4 Å². The van der Waals surface area contributed by atoms with E-state index < -0.39 is 0 Å². The lowest BCUT2D eigenvalue weighted by Gasteiger charge is -2.14. The van der Waals surface area contributed by atoms with Gasteiger partial charge in [-0.1, -0.05) is 12.1 Å². The maximum absolute atomic E-state index is 12.1. The van der Waals surface area contributed by atoms with Gasteiger partial charge in [-0.3, -0.25) is 9.59 Å². The molecule has 2 rings (SSSR count). The van der Waals surface area contributed by atoms with E-state index in [2.05, 4.69) is 0 Å². The molecule has 0 aromatic heterocycles. The summed E-state index contributed by atoms with van der Waals surface area (Å²) in [6.07, 6.45) is 3.85. The molecule has 1 fully saturated rings. The zero-order valence-corrected chi connectivity index (χ0v) is 12.4. The van der Waals surface area contributed by atoms with Crippen LogP contribution in [0.15, 0.2) is 18.2 Å². The molecule has 3 nitrogen and oxygen atoms in total. The number of nitrogens with zero attached hydrogens (tertiary/aromatic N) is 1. The molecule has 1 aromatic rings. The van der Waals surface area contributed by atoms with Gasteiger partial charge in [0.05, 0.1) is 0 Å². The van der Waals surface area contributed by atoms with Crippen LogP contribution in [0.2, 0.25) is 0 Å². The predicted octanol–water partition coefficient (Wildman–Crippen LogP) is 3.28. The van der Waals surface area contributed by atoms with Crippen LogP contribution < -0.4 is 0 Å². The molecule has 0 unspecified atom stereocenters. The van der Waals surface area contributed by atoms with Crippen molar-refractivity contribution in [2.24, 2.45) is 0 Å². The standard InChI is InChI=1S/C17H23NO2/c1-13-8-9-15(12-14(13)2)16(19)6-5-7-17(20)18-10-3-4-11-18/h8-9,12H,3-7,10-11H2,1-2H3. The normalized spacial score (nSPS) is 14.6. The molecule has 1 aliphatic rings. The molecular formula is C17H23NO2. The van der Waals surface area contributed by atoms with E-state index in [9.17, 15) is 9.59 Å². The summed E-state index contributed by atoms with van der Waals surface area (Å²) in [5.41, 5.74) is 3.11. The molecule has 1 aromatic carbocycles. The molecular weight excluding hydrogens is 250 g/mol. The van der Waals surface area contributed by atoms with E-state index >= 15 is 0 Å². The second-order valence-electron chi connectivity index (χ2n) is 5.66. The average Bonchev–Trinajstić information content (AvgIpc) is 2.95. The lowest BCUT2D eigenvalue weighted by atomic mass is 10.0. The Bertz CT molecular complexity index is 502. The van der Waals surface area contributed by atoms with Crippen molar-refractivity contribution in [2.45, 2.75) is 46.0 Å². The quantitative estimate of drug-likeness (QED) is 0.772. The highest BCUT2D eigenvalue weighted by Gasteiger charge is 2.17. The molecule has 0 radical (unpaired) electrons. The maximum atomic E-state index is 12.1. The van der Waals surface area contributed by atoms with Gasteiger partial charge in [0.2, 0.25) is 5.91 Å². The number of hydrogen-bond donors (Lipinski definition) is 0. The lowest BCUT2D eigenvalue weighted by molar-refractivity contribution is -0.130. The number of aryl methyl sites for hydroxylation is 2. The monoisotopic (exact) mass is 273 g/mol. The Kier molecular flexibility index (Phi) is 4.94. The summed E-state index contributed by atoms with van der Waals surface area (Å²) < 4.78 is 0. The Morgan fingerprint density at radius 1 is 1.05 bits per heavy atom. The number of Topliss-reactive ketones (excluding diaryl/α,β-unsaturated/α-hetero) is 1. The molecule has 108 valence electrons. The van der Waals surface area contributed by atoms with Crippen molar-refractivity contribution in [3.05, 3.63) is 34.9 Å². The molecule has 0 spiro atoms. The van der Waals surface area contributed by atoms with E-state index in [4.69, 9.17) is 0 Å². The third-order valence-electron chi connectivity index (χ3n) is 4.08. The predicted molar refractivity (Wildman–Crippen MR) is 79.9 cm³/mol. The van der Waals surface area contributed by atoms with Crippen LogP contribution in [0.3, 0.4) is 0 Å². The first-order chi connectivity index (χ1) is 9.58. The molecule has 0 atom stereocenters. The van der Waals surface area contributed by atoms with Gasteiger partial charge in [0, 0.05) is 31.5 Å². The van der Waals surface area contributed by atoms with Gasteiger partial charge in [-0.15, -0.1) is 0 Å². The summed E-state index contributed by atoms with van der Waals surface area (Å²) in [6.45, 7) is 5.84. The van der Waals surface area contributed by atoms with Crippen molar-refractivity contribution < 1.29 is 9.59 Å². The van der Waals surface area contributed by atoms with Crippen LogP contribution in [0.4, 0.5) is 0 Å². The van der Waals surface area contributed by atoms with E-state index in [1.165, 1.54) is 5.56 Å². The Balaban J connectivity index is 1.79. The Labute approximate surface area is 121 Å². The number of amides is 1. The van der Waals surface area contributed by atoms with Gasteiger partial charge < -0.3 is 4.90 Å². The summed E-state index contributed by atoms with van der Waals surface area (Å²) in [6, 6.07) is 5.81. The largest absolute Gasteiger partial charge is 0.343 e. The second kappa shape index (κ2) is 6.69. The van der Waals surface area contributed by atoms with Gasteiger partial charge in [0.15, 0.2) is 5.78 Å². The van der Waals surface area contributed by atoms with E-state index in [1.54, 1.807) is 0 Å². The van der Waals surface area contributed by atoms with Crippen molar-refractivity contribution in [1.82, 2.24) is 4.90 Å². The van der Waals surface area contributed by atoms with Gasteiger partial charge >= 0.3 is 0 Å². The summed E-state index contributed by atoms with van der Waals surface area (Å²) in [4.78, 5) is 25.9. The fourth-order valence-corrected chi connectivity index (χ4v) is 2.58. The molecule has 3 heteroatoms. The smallest absolute Gasteiger partial charge is 0.222 e. The molecule has 20 heavy (non-hydrogen) atoms. The molecule has 0 bridgehead atoms. The molecule has 0 aliphatic carbocycles. The van der Waals surface area contributed by atoms with Crippen molar-refractivity contribution in [1.29, 1.82) is 0 Å². The lowest BCUT2D eigenvalue weighted by Crippen LogP contribution is -2.27. The number of rotatable bonds is 5. The highest BCUT2D eigenvalue weighted by molar-refractivity contribution is 5.96. The first kappa shape index (κ1) is 14.8. The molecule has 1 saturated heterocycles. The van der Waals surface area contributed by atoms with Crippen LogP contribution in [-0.2, 0) is 4.79 Å². The molecule has 1 amide bonds. The summed E-state index contributed by atoms with van der Waals surface area (Å²) in [5.74, 6) is 0.345. The minimum atomic E-state index is 0.141. The Hall–Kier alpha value is -1.64. The number of ketones is 1. The Morgan fingerprint density at radius 3 is 2.40 bits per heavy atom. The first-order valence-corrected chi connectivity index (χ1v) is 7.46. The molecule has 1 heterocycles. The maximum Gasteiger partial charge on any atom is 0.222 e. The van der Waals surface area contributed by atoms with Gasteiger partial charge in [-0.25, -0.2) is 0 Å². The van der Waals surface area contributed by atoms with Crippen molar-refractivity contribution in [3.8, 4) is 0 Å².